The highest BCUT2D eigenvalue weighted by molar-refractivity contribution is 6.30. The Balaban J connectivity index is 2.09. The SMILES string of the molecule is CCCC1CCCN(c2ccc(Cl)cc2CCl)CC1. The van der Waals surface area contributed by atoms with E-state index in [4.69, 9.17) is 23.2 Å². The average Bonchev–Trinajstić information content (AvgIpc) is 2.65. The Morgan fingerprint density at radius 2 is 2.11 bits per heavy atom. The number of benzene rings is 1. The van der Waals surface area contributed by atoms with Crippen LogP contribution in [0.25, 0.3) is 0 Å². The van der Waals surface area contributed by atoms with Crippen molar-refractivity contribution in [2.24, 2.45) is 5.92 Å². The highest BCUT2D eigenvalue weighted by Gasteiger charge is 2.18. The van der Waals surface area contributed by atoms with Crippen LogP contribution in [0.4, 0.5) is 5.69 Å². The molecule has 1 unspecified atom stereocenters. The summed E-state index contributed by atoms with van der Waals surface area (Å²) in [4.78, 5) is 2.49. The first-order valence-electron chi connectivity index (χ1n) is 7.34. The Morgan fingerprint density at radius 3 is 2.84 bits per heavy atom. The van der Waals surface area contributed by atoms with E-state index in [0.29, 0.717) is 5.88 Å². The molecule has 1 aromatic rings. The zero-order valence-electron chi connectivity index (χ0n) is 11.7. The Kier molecular flexibility index (Phi) is 5.84. The molecule has 3 heteroatoms. The van der Waals surface area contributed by atoms with Gasteiger partial charge in [-0.3, -0.25) is 0 Å². The lowest BCUT2D eigenvalue weighted by Gasteiger charge is -2.25. The first kappa shape index (κ1) is 15.0. The standard InChI is InChI=1S/C16H23Cl2N/c1-2-4-13-5-3-9-19(10-8-13)16-7-6-15(18)11-14(16)12-17/h6-7,11,13H,2-5,8-10,12H2,1H3. The fourth-order valence-corrected chi connectivity index (χ4v) is 3.48. The van der Waals surface area contributed by atoms with Gasteiger partial charge in [0.05, 0.1) is 0 Å². The van der Waals surface area contributed by atoms with Crippen molar-refractivity contribution in [3.8, 4) is 0 Å². The van der Waals surface area contributed by atoms with Crippen LogP contribution in [-0.2, 0) is 5.88 Å². The van der Waals surface area contributed by atoms with Crippen molar-refractivity contribution in [3.05, 3.63) is 28.8 Å². The zero-order valence-corrected chi connectivity index (χ0v) is 13.2. The van der Waals surface area contributed by atoms with Crippen molar-refractivity contribution >= 4 is 28.9 Å². The van der Waals surface area contributed by atoms with Crippen LogP contribution in [0.1, 0.15) is 44.6 Å². The predicted octanol–water partition coefficient (Wildman–Crippen LogP) is 5.49. The van der Waals surface area contributed by atoms with Crippen molar-refractivity contribution in [2.45, 2.75) is 44.9 Å². The minimum absolute atomic E-state index is 0.533. The smallest absolute Gasteiger partial charge is 0.0495 e. The molecular formula is C16H23Cl2N. The maximum absolute atomic E-state index is 6.06. The highest BCUT2D eigenvalue weighted by Crippen LogP contribution is 2.30. The van der Waals surface area contributed by atoms with Crippen molar-refractivity contribution in [2.75, 3.05) is 18.0 Å². The van der Waals surface area contributed by atoms with E-state index < -0.39 is 0 Å². The first-order chi connectivity index (χ1) is 9.24. The summed E-state index contributed by atoms with van der Waals surface area (Å²) in [6.07, 6.45) is 6.64. The first-order valence-corrected chi connectivity index (χ1v) is 8.25. The molecule has 1 nitrogen and oxygen atoms in total. The molecule has 0 aromatic heterocycles. The summed E-state index contributed by atoms with van der Waals surface area (Å²) in [5.74, 6) is 1.44. The maximum Gasteiger partial charge on any atom is 0.0495 e. The van der Waals surface area contributed by atoms with E-state index in [0.717, 1.165) is 29.6 Å². The molecule has 0 radical (unpaired) electrons. The predicted molar refractivity (Wildman–Crippen MR) is 85.5 cm³/mol. The lowest BCUT2D eigenvalue weighted by molar-refractivity contribution is 0.435. The number of hydrogen-bond donors (Lipinski definition) is 0. The summed E-state index contributed by atoms with van der Waals surface area (Å²) >= 11 is 12.1. The molecule has 1 aliphatic rings. The Morgan fingerprint density at radius 1 is 1.26 bits per heavy atom. The van der Waals surface area contributed by atoms with Crippen LogP contribution in [0.5, 0.6) is 0 Å². The molecule has 1 aromatic carbocycles. The third-order valence-corrected chi connectivity index (χ3v) is 4.59. The number of nitrogens with zero attached hydrogens (tertiary/aromatic N) is 1. The fraction of sp³-hybridized carbons (Fsp3) is 0.625. The Labute approximate surface area is 126 Å². The second kappa shape index (κ2) is 7.40. The van der Waals surface area contributed by atoms with Gasteiger partial charge in [-0.1, -0.05) is 31.4 Å². The molecule has 1 fully saturated rings. The molecule has 0 aliphatic carbocycles. The fourth-order valence-electron chi connectivity index (χ4n) is 3.07. The number of anilines is 1. The molecule has 0 N–H and O–H groups in total. The highest BCUT2D eigenvalue weighted by atomic mass is 35.5. The summed E-state index contributed by atoms with van der Waals surface area (Å²) in [6, 6.07) is 6.10. The Bertz CT molecular complexity index is 406. The quantitative estimate of drug-likeness (QED) is 0.665. The normalized spacial score (nSPS) is 20.4. The van der Waals surface area contributed by atoms with Gasteiger partial charge >= 0.3 is 0 Å². The van der Waals surface area contributed by atoms with E-state index in [9.17, 15) is 0 Å². The van der Waals surface area contributed by atoms with Gasteiger partial charge in [0.15, 0.2) is 0 Å². The Hall–Kier alpha value is -0.400. The molecule has 1 aliphatic heterocycles. The third kappa shape index (κ3) is 4.03. The minimum Gasteiger partial charge on any atom is -0.371 e. The van der Waals surface area contributed by atoms with Crippen LogP contribution < -0.4 is 4.90 Å². The van der Waals surface area contributed by atoms with Crippen LogP contribution in [-0.4, -0.2) is 13.1 Å². The molecule has 19 heavy (non-hydrogen) atoms. The van der Waals surface area contributed by atoms with Crippen molar-refractivity contribution in [3.63, 3.8) is 0 Å². The number of halogens is 2. The summed E-state index contributed by atoms with van der Waals surface area (Å²) in [5, 5.41) is 0.776. The van der Waals surface area contributed by atoms with Crippen LogP contribution in [0, 0.1) is 5.92 Å². The van der Waals surface area contributed by atoms with E-state index in [-0.39, 0.29) is 0 Å². The average molecular weight is 300 g/mol. The van der Waals surface area contributed by atoms with Gasteiger partial charge in [0.1, 0.15) is 0 Å². The topological polar surface area (TPSA) is 3.24 Å². The van der Waals surface area contributed by atoms with E-state index in [1.807, 2.05) is 12.1 Å². The minimum atomic E-state index is 0.533. The summed E-state index contributed by atoms with van der Waals surface area (Å²) in [5.41, 5.74) is 2.43. The van der Waals surface area contributed by atoms with E-state index in [1.165, 1.54) is 37.8 Å². The van der Waals surface area contributed by atoms with Gasteiger partial charge in [-0.05, 0) is 48.9 Å². The molecule has 1 heterocycles. The van der Waals surface area contributed by atoms with Gasteiger partial charge in [-0.15, -0.1) is 11.6 Å². The van der Waals surface area contributed by atoms with Crippen LogP contribution in [0.3, 0.4) is 0 Å². The van der Waals surface area contributed by atoms with Crippen LogP contribution in [0.2, 0.25) is 5.02 Å². The van der Waals surface area contributed by atoms with Gasteiger partial charge in [-0.2, -0.15) is 0 Å². The number of alkyl halides is 1. The lowest BCUT2D eigenvalue weighted by Crippen LogP contribution is -2.25. The monoisotopic (exact) mass is 299 g/mol. The second-order valence-corrected chi connectivity index (χ2v) is 6.18. The zero-order chi connectivity index (χ0) is 13.7. The summed E-state index contributed by atoms with van der Waals surface area (Å²) in [6.45, 7) is 4.58. The summed E-state index contributed by atoms with van der Waals surface area (Å²) < 4.78 is 0. The van der Waals surface area contributed by atoms with E-state index >= 15 is 0 Å². The number of hydrogen-bond acceptors (Lipinski definition) is 1. The molecule has 1 saturated heterocycles. The van der Waals surface area contributed by atoms with E-state index in [2.05, 4.69) is 17.9 Å². The lowest BCUT2D eigenvalue weighted by atomic mass is 9.96. The number of rotatable bonds is 4. The van der Waals surface area contributed by atoms with Crippen molar-refractivity contribution in [1.82, 2.24) is 0 Å². The van der Waals surface area contributed by atoms with Crippen LogP contribution in [0.15, 0.2) is 18.2 Å². The molecular weight excluding hydrogens is 277 g/mol. The van der Waals surface area contributed by atoms with Gasteiger partial charge in [0.25, 0.3) is 0 Å². The molecule has 106 valence electrons. The van der Waals surface area contributed by atoms with Gasteiger partial charge < -0.3 is 4.90 Å². The molecule has 0 bridgehead atoms. The van der Waals surface area contributed by atoms with Crippen LogP contribution >= 0.6 is 23.2 Å². The molecule has 1 atom stereocenters. The summed E-state index contributed by atoms with van der Waals surface area (Å²) in [7, 11) is 0. The third-order valence-electron chi connectivity index (χ3n) is 4.07. The van der Waals surface area contributed by atoms with Gasteiger partial charge in [0, 0.05) is 29.7 Å². The maximum atomic E-state index is 6.06. The van der Waals surface area contributed by atoms with Gasteiger partial charge in [0.2, 0.25) is 0 Å². The molecule has 0 amide bonds. The van der Waals surface area contributed by atoms with E-state index in [1.54, 1.807) is 0 Å². The van der Waals surface area contributed by atoms with Crippen molar-refractivity contribution in [1.29, 1.82) is 0 Å². The van der Waals surface area contributed by atoms with Gasteiger partial charge in [-0.25, -0.2) is 0 Å². The van der Waals surface area contributed by atoms with Crippen molar-refractivity contribution < 1.29 is 0 Å². The molecule has 0 spiro atoms. The largest absolute Gasteiger partial charge is 0.371 e. The molecule has 0 saturated carbocycles. The molecule has 2 rings (SSSR count). The second-order valence-electron chi connectivity index (χ2n) is 5.48.